The first-order valence-corrected chi connectivity index (χ1v) is 8.40. The predicted molar refractivity (Wildman–Crippen MR) is 79.8 cm³/mol. The first-order valence-electron chi connectivity index (χ1n) is 8.40. The van der Waals surface area contributed by atoms with E-state index in [2.05, 4.69) is 10.2 Å². The Kier molecular flexibility index (Phi) is 4.65. The smallest absolute Gasteiger partial charge is 0.0613 e. The normalized spacial score (nSPS) is 37.2. The molecule has 0 radical (unpaired) electrons. The summed E-state index contributed by atoms with van der Waals surface area (Å²) < 4.78 is 5.47. The van der Waals surface area contributed by atoms with Gasteiger partial charge in [-0.25, -0.2) is 0 Å². The highest BCUT2D eigenvalue weighted by Gasteiger charge is 2.41. The number of aliphatic hydroxyl groups is 1. The molecule has 0 spiro atoms. The van der Waals surface area contributed by atoms with E-state index in [0.29, 0.717) is 24.8 Å². The van der Waals surface area contributed by atoms with Crippen LogP contribution in [0.1, 0.15) is 51.4 Å². The van der Waals surface area contributed by atoms with E-state index >= 15 is 0 Å². The molecule has 4 heteroatoms. The third kappa shape index (κ3) is 3.35. The van der Waals surface area contributed by atoms with Gasteiger partial charge in [-0.2, -0.15) is 0 Å². The molecule has 4 nitrogen and oxygen atoms in total. The van der Waals surface area contributed by atoms with Crippen LogP contribution in [0.25, 0.3) is 0 Å². The number of likely N-dealkylation sites (tertiary alicyclic amines) is 1. The summed E-state index contributed by atoms with van der Waals surface area (Å²) in [6, 6.07) is 1.33. The lowest BCUT2D eigenvalue weighted by atomic mass is 9.78. The van der Waals surface area contributed by atoms with Crippen molar-refractivity contribution in [2.75, 3.05) is 26.8 Å². The quantitative estimate of drug-likeness (QED) is 0.802. The zero-order chi connectivity index (χ0) is 14.0. The fourth-order valence-electron chi connectivity index (χ4n) is 4.10. The van der Waals surface area contributed by atoms with Crippen LogP contribution < -0.4 is 5.32 Å². The van der Waals surface area contributed by atoms with E-state index in [1.807, 2.05) is 7.11 Å². The summed E-state index contributed by atoms with van der Waals surface area (Å²) in [5, 5.41) is 13.7. The molecule has 3 rings (SSSR count). The van der Waals surface area contributed by atoms with Gasteiger partial charge in [0.05, 0.1) is 12.7 Å². The Balaban J connectivity index is 1.56. The maximum Gasteiger partial charge on any atom is 0.0613 e. The molecule has 0 aromatic carbocycles. The molecule has 2 saturated carbocycles. The summed E-state index contributed by atoms with van der Waals surface area (Å²) in [5.74, 6) is 0. The maximum atomic E-state index is 9.91. The molecular formula is C16H30N2O2. The summed E-state index contributed by atoms with van der Waals surface area (Å²) in [6.45, 7) is 2.62. The van der Waals surface area contributed by atoms with Gasteiger partial charge in [0.1, 0.15) is 0 Å². The van der Waals surface area contributed by atoms with Crippen LogP contribution in [-0.4, -0.2) is 60.5 Å². The fraction of sp³-hybridized carbons (Fsp3) is 1.00. The highest BCUT2D eigenvalue weighted by atomic mass is 16.5. The van der Waals surface area contributed by atoms with Crippen LogP contribution in [0.5, 0.6) is 0 Å². The molecule has 2 N–H and O–H groups in total. The lowest BCUT2D eigenvalue weighted by Gasteiger charge is -2.46. The topological polar surface area (TPSA) is 44.7 Å². The highest BCUT2D eigenvalue weighted by Crippen LogP contribution is 2.35. The van der Waals surface area contributed by atoms with E-state index in [1.54, 1.807) is 0 Å². The minimum absolute atomic E-state index is 0.00217. The Morgan fingerprint density at radius 2 is 1.95 bits per heavy atom. The van der Waals surface area contributed by atoms with Crippen LogP contribution in [0.2, 0.25) is 0 Å². The van der Waals surface area contributed by atoms with Gasteiger partial charge in [-0.3, -0.25) is 0 Å². The zero-order valence-corrected chi connectivity index (χ0v) is 12.8. The van der Waals surface area contributed by atoms with Gasteiger partial charge in [0.2, 0.25) is 0 Å². The van der Waals surface area contributed by atoms with Gasteiger partial charge in [-0.15, -0.1) is 0 Å². The molecule has 2 unspecified atom stereocenters. The zero-order valence-electron chi connectivity index (χ0n) is 12.8. The van der Waals surface area contributed by atoms with Crippen molar-refractivity contribution >= 4 is 0 Å². The van der Waals surface area contributed by atoms with Crippen molar-refractivity contribution in [3.05, 3.63) is 0 Å². The van der Waals surface area contributed by atoms with Crippen LogP contribution in [0.3, 0.4) is 0 Å². The monoisotopic (exact) mass is 282 g/mol. The van der Waals surface area contributed by atoms with E-state index in [0.717, 1.165) is 38.8 Å². The van der Waals surface area contributed by atoms with Gasteiger partial charge in [0.15, 0.2) is 0 Å². The van der Waals surface area contributed by atoms with Crippen molar-refractivity contribution in [3.8, 4) is 0 Å². The number of nitrogens with zero attached hydrogens (tertiary/aromatic N) is 1. The van der Waals surface area contributed by atoms with Crippen molar-refractivity contribution in [1.82, 2.24) is 10.2 Å². The largest absolute Gasteiger partial charge is 0.394 e. The van der Waals surface area contributed by atoms with Gasteiger partial charge in [-0.05, 0) is 51.4 Å². The molecule has 2 aliphatic carbocycles. The van der Waals surface area contributed by atoms with Crippen molar-refractivity contribution in [3.63, 3.8) is 0 Å². The van der Waals surface area contributed by atoms with Gasteiger partial charge < -0.3 is 20.1 Å². The van der Waals surface area contributed by atoms with E-state index < -0.39 is 0 Å². The standard InChI is InChI=1S/C16H30N2O2/c1-20-15-6-9-18(10-7-15)14-3-2-8-16(11-14,12-19)17-13-4-5-13/h13-15,17,19H,2-12H2,1H3. The van der Waals surface area contributed by atoms with Gasteiger partial charge in [0, 0.05) is 37.8 Å². The fourth-order valence-corrected chi connectivity index (χ4v) is 4.10. The van der Waals surface area contributed by atoms with Crippen molar-refractivity contribution in [1.29, 1.82) is 0 Å². The van der Waals surface area contributed by atoms with Crippen LogP contribution in [0.4, 0.5) is 0 Å². The number of hydrogen-bond acceptors (Lipinski definition) is 4. The van der Waals surface area contributed by atoms with Crippen LogP contribution >= 0.6 is 0 Å². The minimum atomic E-state index is 0.00217. The predicted octanol–water partition coefficient (Wildman–Crippen LogP) is 1.52. The van der Waals surface area contributed by atoms with Gasteiger partial charge in [-0.1, -0.05) is 0 Å². The van der Waals surface area contributed by atoms with Gasteiger partial charge >= 0.3 is 0 Å². The summed E-state index contributed by atoms with van der Waals surface area (Å²) >= 11 is 0. The molecule has 1 aliphatic heterocycles. The number of nitrogens with one attached hydrogen (secondary N) is 1. The molecule has 3 fully saturated rings. The second-order valence-corrected chi connectivity index (χ2v) is 7.08. The molecule has 3 aliphatic rings. The minimum Gasteiger partial charge on any atom is -0.394 e. The molecule has 0 bridgehead atoms. The molecule has 116 valence electrons. The molecule has 0 amide bonds. The number of ether oxygens (including phenoxy) is 1. The Morgan fingerprint density at radius 3 is 2.55 bits per heavy atom. The molecule has 1 saturated heterocycles. The number of aliphatic hydroxyl groups excluding tert-OH is 1. The Labute approximate surface area is 122 Å². The summed E-state index contributed by atoms with van der Waals surface area (Å²) in [7, 11) is 1.83. The number of hydrogen-bond donors (Lipinski definition) is 2. The maximum absolute atomic E-state index is 9.91. The third-order valence-electron chi connectivity index (χ3n) is 5.54. The van der Waals surface area contributed by atoms with Crippen LogP contribution in [0, 0.1) is 0 Å². The Morgan fingerprint density at radius 1 is 1.20 bits per heavy atom. The number of rotatable bonds is 5. The molecule has 0 aromatic rings. The SMILES string of the molecule is COC1CCN(C2CCCC(CO)(NC3CC3)C2)CC1. The third-order valence-corrected chi connectivity index (χ3v) is 5.54. The van der Waals surface area contributed by atoms with E-state index in [9.17, 15) is 5.11 Å². The second kappa shape index (κ2) is 6.30. The first-order chi connectivity index (χ1) is 9.74. The summed E-state index contributed by atoms with van der Waals surface area (Å²) in [4.78, 5) is 2.65. The Bertz CT molecular complexity index is 314. The van der Waals surface area contributed by atoms with Crippen molar-refractivity contribution in [2.24, 2.45) is 0 Å². The first kappa shape index (κ1) is 14.8. The molecule has 1 heterocycles. The van der Waals surface area contributed by atoms with Crippen LogP contribution in [0.15, 0.2) is 0 Å². The lowest BCUT2D eigenvalue weighted by molar-refractivity contribution is 0.00308. The molecule has 20 heavy (non-hydrogen) atoms. The lowest BCUT2D eigenvalue weighted by Crippen LogP contribution is -2.57. The van der Waals surface area contributed by atoms with Crippen molar-refractivity contribution < 1.29 is 9.84 Å². The number of methoxy groups -OCH3 is 1. The highest BCUT2D eigenvalue weighted by molar-refractivity contribution is 5.01. The Hall–Kier alpha value is -0.160. The summed E-state index contributed by atoms with van der Waals surface area (Å²) in [5.41, 5.74) is 0.00217. The molecule has 2 atom stereocenters. The van der Waals surface area contributed by atoms with E-state index in [1.165, 1.54) is 25.7 Å². The van der Waals surface area contributed by atoms with Crippen LogP contribution in [-0.2, 0) is 4.74 Å². The second-order valence-electron chi connectivity index (χ2n) is 7.08. The van der Waals surface area contributed by atoms with E-state index in [-0.39, 0.29) is 5.54 Å². The van der Waals surface area contributed by atoms with E-state index in [4.69, 9.17) is 4.74 Å². The average molecular weight is 282 g/mol. The number of piperidine rings is 1. The summed E-state index contributed by atoms with van der Waals surface area (Å²) in [6.07, 6.45) is 10.2. The van der Waals surface area contributed by atoms with Gasteiger partial charge in [0.25, 0.3) is 0 Å². The average Bonchev–Trinajstić information content (AvgIpc) is 3.31. The molecular weight excluding hydrogens is 252 g/mol. The van der Waals surface area contributed by atoms with Crippen molar-refractivity contribution in [2.45, 2.75) is 75.1 Å². The molecule has 0 aromatic heterocycles.